The van der Waals surface area contributed by atoms with E-state index in [9.17, 15) is 4.79 Å². The highest BCUT2D eigenvalue weighted by Gasteiger charge is 2.03. The summed E-state index contributed by atoms with van der Waals surface area (Å²) in [7, 11) is 0. The number of carbonyl (C=O) groups is 1. The van der Waals surface area contributed by atoms with Crippen molar-refractivity contribution in [3.63, 3.8) is 0 Å². The molecule has 0 saturated carbocycles. The van der Waals surface area contributed by atoms with Crippen molar-refractivity contribution in [1.82, 2.24) is 4.98 Å². The molecule has 0 aliphatic rings. The first-order chi connectivity index (χ1) is 8.63. The molecule has 92 valence electrons. The quantitative estimate of drug-likeness (QED) is 0.920. The zero-order valence-electron chi connectivity index (χ0n) is 9.34. The first-order valence-electron chi connectivity index (χ1n) is 5.23. The van der Waals surface area contributed by atoms with Gasteiger partial charge in [-0.2, -0.15) is 0 Å². The summed E-state index contributed by atoms with van der Waals surface area (Å²) < 4.78 is 5.49. The van der Waals surface area contributed by atoms with Gasteiger partial charge in [0.1, 0.15) is 5.75 Å². The molecule has 0 spiro atoms. The van der Waals surface area contributed by atoms with Gasteiger partial charge in [0.05, 0.1) is 11.4 Å². The topological polar surface area (TPSA) is 59.4 Å². The molecule has 2 aromatic rings. The van der Waals surface area contributed by atoms with Crippen LogP contribution in [0.5, 0.6) is 11.6 Å². The van der Waals surface area contributed by atoms with E-state index < -0.39 is 5.97 Å². The minimum absolute atomic E-state index is 0.0365. The Morgan fingerprint density at radius 3 is 2.83 bits per heavy atom. The van der Waals surface area contributed by atoms with Crippen LogP contribution in [0.25, 0.3) is 0 Å². The summed E-state index contributed by atoms with van der Waals surface area (Å²) in [6, 6.07) is 10.2. The van der Waals surface area contributed by atoms with Crippen LogP contribution >= 0.6 is 11.6 Å². The van der Waals surface area contributed by atoms with E-state index in [-0.39, 0.29) is 6.42 Å². The standard InChI is InChI=1S/C13H10ClNO3/c14-10-4-5-12(15-8-10)18-11-3-1-2-9(6-11)7-13(16)17/h1-6,8H,7H2,(H,16,17). The number of ether oxygens (including phenoxy) is 1. The molecule has 1 aromatic carbocycles. The van der Waals surface area contributed by atoms with Crippen LogP contribution in [0.4, 0.5) is 0 Å². The van der Waals surface area contributed by atoms with Crippen molar-refractivity contribution in [2.45, 2.75) is 6.42 Å². The lowest BCUT2D eigenvalue weighted by Crippen LogP contribution is -1.99. The van der Waals surface area contributed by atoms with Crippen LogP contribution in [0.3, 0.4) is 0 Å². The van der Waals surface area contributed by atoms with E-state index in [0.29, 0.717) is 22.2 Å². The number of carboxylic acid groups (broad SMARTS) is 1. The summed E-state index contributed by atoms with van der Waals surface area (Å²) >= 11 is 5.71. The third kappa shape index (κ3) is 3.46. The number of hydrogen-bond donors (Lipinski definition) is 1. The number of benzene rings is 1. The van der Waals surface area contributed by atoms with E-state index in [0.717, 1.165) is 0 Å². The maximum absolute atomic E-state index is 10.6. The maximum atomic E-state index is 10.6. The average Bonchev–Trinajstić information content (AvgIpc) is 2.32. The lowest BCUT2D eigenvalue weighted by atomic mass is 10.1. The highest BCUT2D eigenvalue weighted by atomic mass is 35.5. The number of aromatic nitrogens is 1. The first-order valence-corrected chi connectivity index (χ1v) is 5.61. The van der Waals surface area contributed by atoms with E-state index in [2.05, 4.69) is 4.98 Å². The second kappa shape index (κ2) is 5.51. The number of pyridine rings is 1. The average molecular weight is 264 g/mol. The number of halogens is 1. The number of nitrogens with zero attached hydrogens (tertiary/aromatic N) is 1. The molecular weight excluding hydrogens is 254 g/mol. The second-order valence-electron chi connectivity index (χ2n) is 3.63. The van der Waals surface area contributed by atoms with E-state index >= 15 is 0 Å². The molecule has 5 heteroatoms. The Morgan fingerprint density at radius 1 is 1.33 bits per heavy atom. The molecule has 0 atom stereocenters. The summed E-state index contributed by atoms with van der Waals surface area (Å²) in [5, 5.41) is 9.24. The SMILES string of the molecule is O=C(O)Cc1cccc(Oc2ccc(Cl)cn2)c1. The molecule has 1 aromatic heterocycles. The molecule has 1 N–H and O–H groups in total. The zero-order chi connectivity index (χ0) is 13.0. The van der Waals surface area contributed by atoms with E-state index in [1.165, 1.54) is 6.20 Å². The fourth-order valence-electron chi connectivity index (χ4n) is 1.44. The number of aliphatic carboxylic acids is 1. The van der Waals surface area contributed by atoms with Crippen molar-refractivity contribution >= 4 is 17.6 Å². The van der Waals surface area contributed by atoms with Gasteiger partial charge in [0.25, 0.3) is 0 Å². The first kappa shape index (κ1) is 12.4. The van der Waals surface area contributed by atoms with Gasteiger partial charge in [-0.15, -0.1) is 0 Å². The molecule has 0 bridgehead atoms. The molecule has 18 heavy (non-hydrogen) atoms. The van der Waals surface area contributed by atoms with Gasteiger partial charge in [-0.25, -0.2) is 4.98 Å². The van der Waals surface area contributed by atoms with E-state index in [1.54, 1.807) is 36.4 Å². The Morgan fingerprint density at radius 2 is 2.17 bits per heavy atom. The highest BCUT2D eigenvalue weighted by molar-refractivity contribution is 6.30. The van der Waals surface area contributed by atoms with Crippen LogP contribution in [-0.2, 0) is 11.2 Å². The Kier molecular flexibility index (Phi) is 3.79. The van der Waals surface area contributed by atoms with Crippen LogP contribution in [0.15, 0.2) is 42.6 Å². The largest absolute Gasteiger partial charge is 0.481 e. The fraction of sp³-hybridized carbons (Fsp3) is 0.0769. The summed E-state index contributed by atoms with van der Waals surface area (Å²) in [6.45, 7) is 0. The van der Waals surface area contributed by atoms with Crippen molar-refractivity contribution < 1.29 is 14.6 Å². The lowest BCUT2D eigenvalue weighted by molar-refractivity contribution is -0.136. The zero-order valence-corrected chi connectivity index (χ0v) is 10.1. The lowest BCUT2D eigenvalue weighted by Gasteiger charge is -2.05. The van der Waals surface area contributed by atoms with Gasteiger partial charge in [0.2, 0.25) is 5.88 Å². The van der Waals surface area contributed by atoms with Crippen molar-refractivity contribution in [1.29, 1.82) is 0 Å². The highest BCUT2D eigenvalue weighted by Crippen LogP contribution is 2.21. The number of rotatable bonds is 4. The molecule has 0 aliphatic heterocycles. The summed E-state index contributed by atoms with van der Waals surface area (Å²) in [4.78, 5) is 14.6. The third-order valence-electron chi connectivity index (χ3n) is 2.18. The Balaban J connectivity index is 2.13. The van der Waals surface area contributed by atoms with Crippen LogP contribution in [0.1, 0.15) is 5.56 Å². The fourth-order valence-corrected chi connectivity index (χ4v) is 1.55. The molecule has 0 saturated heterocycles. The summed E-state index contributed by atoms with van der Waals surface area (Å²) in [5.74, 6) is 0.0761. The molecule has 0 amide bonds. The summed E-state index contributed by atoms with van der Waals surface area (Å²) in [6.07, 6.45) is 1.45. The molecule has 0 fully saturated rings. The molecular formula is C13H10ClNO3. The van der Waals surface area contributed by atoms with E-state index in [4.69, 9.17) is 21.4 Å². The Bertz CT molecular complexity index is 554. The molecule has 0 unspecified atom stereocenters. The monoisotopic (exact) mass is 263 g/mol. The molecule has 2 rings (SSSR count). The maximum Gasteiger partial charge on any atom is 0.307 e. The Hall–Kier alpha value is -2.07. The predicted octanol–water partition coefficient (Wildman–Crippen LogP) is 3.15. The minimum atomic E-state index is -0.878. The smallest absolute Gasteiger partial charge is 0.307 e. The minimum Gasteiger partial charge on any atom is -0.481 e. The van der Waals surface area contributed by atoms with Crippen molar-refractivity contribution in [3.8, 4) is 11.6 Å². The van der Waals surface area contributed by atoms with Crippen molar-refractivity contribution in [2.75, 3.05) is 0 Å². The van der Waals surface area contributed by atoms with E-state index in [1.807, 2.05) is 0 Å². The number of hydrogen-bond acceptors (Lipinski definition) is 3. The molecule has 1 heterocycles. The van der Waals surface area contributed by atoms with Gasteiger partial charge in [-0.05, 0) is 23.8 Å². The molecule has 0 radical (unpaired) electrons. The molecule has 4 nitrogen and oxygen atoms in total. The normalized spacial score (nSPS) is 10.1. The third-order valence-corrected chi connectivity index (χ3v) is 2.40. The van der Waals surface area contributed by atoms with Crippen molar-refractivity contribution in [2.24, 2.45) is 0 Å². The van der Waals surface area contributed by atoms with Gasteiger partial charge < -0.3 is 9.84 Å². The number of carboxylic acids is 1. The molecule has 0 aliphatic carbocycles. The van der Waals surface area contributed by atoms with Gasteiger partial charge in [0.15, 0.2) is 0 Å². The van der Waals surface area contributed by atoms with Crippen molar-refractivity contribution in [3.05, 3.63) is 53.2 Å². The Labute approximate surface area is 109 Å². The van der Waals surface area contributed by atoms with Crippen LogP contribution in [0.2, 0.25) is 5.02 Å². The van der Waals surface area contributed by atoms with Gasteiger partial charge >= 0.3 is 5.97 Å². The second-order valence-corrected chi connectivity index (χ2v) is 4.07. The summed E-state index contributed by atoms with van der Waals surface area (Å²) in [5.41, 5.74) is 0.675. The van der Waals surface area contributed by atoms with Gasteiger partial charge in [-0.3, -0.25) is 4.79 Å². The van der Waals surface area contributed by atoms with Crippen LogP contribution in [-0.4, -0.2) is 16.1 Å². The predicted molar refractivity (Wildman–Crippen MR) is 67.1 cm³/mol. The van der Waals surface area contributed by atoms with Gasteiger partial charge in [-0.1, -0.05) is 23.7 Å². The van der Waals surface area contributed by atoms with Crippen LogP contribution in [0, 0.1) is 0 Å². The van der Waals surface area contributed by atoms with Gasteiger partial charge in [0, 0.05) is 12.3 Å². The van der Waals surface area contributed by atoms with Crippen LogP contribution < -0.4 is 4.74 Å².